The van der Waals surface area contributed by atoms with Crippen molar-refractivity contribution in [2.75, 3.05) is 5.01 Å². The number of hydrogen-bond acceptors (Lipinski definition) is 4. The highest BCUT2D eigenvalue weighted by atomic mass is 35.5. The molecule has 0 bridgehead atoms. The second kappa shape index (κ2) is 8.39. The molecule has 1 amide bonds. The molecule has 28 heavy (non-hydrogen) atoms. The van der Waals surface area contributed by atoms with Gasteiger partial charge >= 0.3 is 5.97 Å². The van der Waals surface area contributed by atoms with Gasteiger partial charge < -0.3 is 10.4 Å². The zero-order chi connectivity index (χ0) is 20.4. The van der Waals surface area contributed by atoms with E-state index in [0.717, 1.165) is 5.56 Å². The van der Waals surface area contributed by atoms with E-state index in [4.69, 9.17) is 39.9 Å². The van der Waals surface area contributed by atoms with Crippen molar-refractivity contribution in [3.8, 4) is 0 Å². The van der Waals surface area contributed by atoms with Crippen LogP contribution in [-0.2, 0) is 9.59 Å². The second-order valence-corrected chi connectivity index (χ2v) is 7.57. The first-order chi connectivity index (χ1) is 13.3. The van der Waals surface area contributed by atoms with E-state index in [2.05, 4.69) is 10.4 Å². The molecule has 2 aromatic rings. The van der Waals surface area contributed by atoms with Crippen LogP contribution in [0, 0.1) is 0 Å². The number of amides is 1. The standard InChI is InChI=1S/C19H16Cl3N3O3/c1-10(19(27)28)23-18(26)15-9-17(11-2-4-12(20)5-3-11)25(24-15)16-7-6-13(21)8-14(16)22/h2-8,10,17H,9H2,1H3,(H,23,26)(H,27,28). The molecule has 0 radical (unpaired) electrons. The van der Waals surface area contributed by atoms with Crippen LogP contribution in [0.1, 0.15) is 24.9 Å². The molecule has 0 aliphatic carbocycles. The smallest absolute Gasteiger partial charge is 0.325 e. The van der Waals surface area contributed by atoms with Crippen molar-refractivity contribution in [2.45, 2.75) is 25.4 Å². The summed E-state index contributed by atoms with van der Waals surface area (Å²) in [6.45, 7) is 1.39. The van der Waals surface area contributed by atoms with Gasteiger partial charge in [-0.05, 0) is 42.8 Å². The van der Waals surface area contributed by atoms with Gasteiger partial charge in [0.25, 0.3) is 5.91 Å². The number of carboxylic acids is 1. The van der Waals surface area contributed by atoms with Crippen molar-refractivity contribution < 1.29 is 14.7 Å². The number of aliphatic carboxylic acids is 1. The average molecular weight is 441 g/mol. The van der Waals surface area contributed by atoms with Crippen molar-refractivity contribution in [2.24, 2.45) is 5.10 Å². The van der Waals surface area contributed by atoms with Crippen LogP contribution in [0.3, 0.4) is 0 Å². The van der Waals surface area contributed by atoms with Crippen LogP contribution in [0.5, 0.6) is 0 Å². The van der Waals surface area contributed by atoms with E-state index < -0.39 is 17.9 Å². The van der Waals surface area contributed by atoms with Gasteiger partial charge in [-0.3, -0.25) is 14.6 Å². The molecule has 9 heteroatoms. The van der Waals surface area contributed by atoms with Crippen molar-refractivity contribution in [1.29, 1.82) is 0 Å². The molecule has 1 heterocycles. The zero-order valence-electron chi connectivity index (χ0n) is 14.7. The summed E-state index contributed by atoms with van der Waals surface area (Å²) in [6, 6.07) is 10.9. The van der Waals surface area contributed by atoms with E-state index >= 15 is 0 Å². The number of rotatable bonds is 5. The highest BCUT2D eigenvalue weighted by Gasteiger charge is 2.34. The van der Waals surface area contributed by atoms with Crippen LogP contribution in [0.15, 0.2) is 47.6 Å². The minimum absolute atomic E-state index is 0.207. The maximum atomic E-state index is 12.5. The fraction of sp³-hybridized carbons (Fsp3) is 0.211. The Bertz CT molecular complexity index is 947. The van der Waals surface area contributed by atoms with Crippen LogP contribution < -0.4 is 10.3 Å². The van der Waals surface area contributed by atoms with Gasteiger partial charge in [-0.1, -0.05) is 46.9 Å². The van der Waals surface area contributed by atoms with Gasteiger partial charge in [0.2, 0.25) is 0 Å². The Kier molecular flexibility index (Phi) is 6.13. The number of carbonyl (C=O) groups excluding carboxylic acids is 1. The zero-order valence-corrected chi connectivity index (χ0v) is 17.0. The maximum absolute atomic E-state index is 12.5. The lowest BCUT2D eigenvalue weighted by molar-refractivity contribution is -0.140. The molecule has 1 aliphatic rings. The minimum Gasteiger partial charge on any atom is -0.480 e. The Balaban J connectivity index is 1.96. The Labute approximate surface area is 176 Å². The molecule has 1 aliphatic heterocycles. The van der Waals surface area contributed by atoms with Gasteiger partial charge in [0.05, 0.1) is 16.8 Å². The monoisotopic (exact) mass is 439 g/mol. The van der Waals surface area contributed by atoms with Gasteiger partial charge in [0, 0.05) is 16.5 Å². The van der Waals surface area contributed by atoms with Crippen LogP contribution in [0.2, 0.25) is 15.1 Å². The molecule has 0 saturated carbocycles. The lowest BCUT2D eigenvalue weighted by atomic mass is 10.0. The van der Waals surface area contributed by atoms with Crippen LogP contribution in [0.25, 0.3) is 0 Å². The molecule has 6 nitrogen and oxygen atoms in total. The van der Waals surface area contributed by atoms with E-state index in [1.54, 1.807) is 35.3 Å². The SMILES string of the molecule is CC(NC(=O)C1=NN(c2ccc(Cl)cc2Cl)C(c2ccc(Cl)cc2)C1)C(=O)O. The fourth-order valence-electron chi connectivity index (χ4n) is 2.82. The number of carbonyl (C=O) groups is 2. The largest absolute Gasteiger partial charge is 0.480 e. The van der Waals surface area contributed by atoms with Gasteiger partial charge in [-0.2, -0.15) is 5.10 Å². The molecule has 2 atom stereocenters. The predicted molar refractivity (Wildman–Crippen MR) is 110 cm³/mol. The number of nitrogens with one attached hydrogen (secondary N) is 1. The van der Waals surface area contributed by atoms with Gasteiger partial charge in [0.1, 0.15) is 11.8 Å². The lowest BCUT2D eigenvalue weighted by Crippen LogP contribution is -2.41. The minimum atomic E-state index is -1.13. The number of hydrogen-bond donors (Lipinski definition) is 2. The molecule has 146 valence electrons. The molecule has 0 saturated heterocycles. The number of nitrogens with zero attached hydrogens (tertiary/aromatic N) is 2. The Hall–Kier alpha value is -2.28. The Morgan fingerprint density at radius 3 is 2.39 bits per heavy atom. The summed E-state index contributed by atoms with van der Waals surface area (Å²) in [5, 5.41) is 19.0. The topological polar surface area (TPSA) is 82.0 Å². The molecular weight excluding hydrogens is 425 g/mol. The third-order valence-electron chi connectivity index (χ3n) is 4.30. The van der Waals surface area contributed by atoms with E-state index in [1.165, 1.54) is 6.92 Å². The fourth-order valence-corrected chi connectivity index (χ4v) is 3.44. The Morgan fingerprint density at radius 2 is 1.79 bits per heavy atom. The Morgan fingerprint density at radius 1 is 1.14 bits per heavy atom. The summed E-state index contributed by atoms with van der Waals surface area (Å²) in [7, 11) is 0. The first kappa shape index (κ1) is 20.5. The van der Waals surface area contributed by atoms with Crippen molar-refractivity contribution in [1.82, 2.24) is 5.32 Å². The first-order valence-corrected chi connectivity index (χ1v) is 9.50. The number of hydrazone groups is 1. The summed E-state index contributed by atoms with van der Waals surface area (Å²) in [5.74, 6) is -1.67. The van der Waals surface area contributed by atoms with E-state index in [9.17, 15) is 9.59 Å². The first-order valence-electron chi connectivity index (χ1n) is 8.37. The quantitative estimate of drug-likeness (QED) is 0.715. The second-order valence-electron chi connectivity index (χ2n) is 6.29. The molecule has 2 unspecified atom stereocenters. The number of anilines is 1. The molecular formula is C19H16Cl3N3O3. The van der Waals surface area contributed by atoms with Crippen molar-refractivity contribution in [3.63, 3.8) is 0 Å². The van der Waals surface area contributed by atoms with Crippen molar-refractivity contribution in [3.05, 3.63) is 63.1 Å². The third kappa shape index (κ3) is 4.41. The summed E-state index contributed by atoms with van der Waals surface area (Å²) < 4.78 is 0. The summed E-state index contributed by atoms with van der Waals surface area (Å²) in [5.41, 5.74) is 1.67. The summed E-state index contributed by atoms with van der Waals surface area (Å²) >= 11 is 18.3. The van der Waals surface area contributed by atoms with E-state index in [1.807, 2.05) is 12.1 Å². The average Bonchev–Trinajstić information content (AvgIpc) is 3.07. The normalized spacial score (nSPS) is 17.2. The number of carboxylic acid groups (broad SMARTS) is 1. The maximum Gasteiger partial charge on any atom is 0.325 e. The summed E-state index contributed by atoms with van der Waals surface area (Å²) in [6.07, 6.45) is 0.277. The van der Waals surface area contributed by atoms with Crippen molar-refractivity contribution >= 4 is 58.1 Å². The summed E-state index contributed by atoms with van der Waals surface area (Å²) in [4.78, 5) is 23.5. The van der Waals surface area contributed by atoms with Gasteiger partial charge in [-0.25, -0.2) is 0 Å². The number of benzene rings is 2. The molecule has 0 aromatic heterocycles. The molecule has 0 fully saturated rings. The molecule has 3 rings (SSSR count). The van der Waals surface area contributed by atoms with Crippen LogP contribution >= 0.6 is 34.8 Å². The predicted octanol–water partition coefficient (Wildman–Crippen LogP) is 4.54. The molecule has 2 N–H and O–H groups in total. The van der Waals surface area contributed by atoms with Crippen LogP contribution in [-0.4, -0.2) is 28.7 Å². The van der Waals surface area contributed by atoms with E-state index in [0.29, 0.717) is 20.8 Å². The highest BCUT2D eigenvalue weighted by Crippen LogP contribution is 2.39. The van der Waals surface area contributed by atoms with Gasteiger partial charge in [-0.15, -0.1) is 0 Å². The van der Waals surface area contributed by atoms with E-state index in [-0.39, 0.29) is 18.2 Å². The lowest BCUT2D eigenvalue weighted by Gasteiger charge is -2.25. The van der Waals surface area contributed by atoms with Crippen LogP contribution in [0.4, 0.5) is 5.69 Å². The molecule has 2 aromatic carbocycles. The third-order valence-corrected chi connectivity index (χ3v) is 5.09. The highest BCUT2D eigenvalue weighted by molar-refractivity contribution is 6.40. The van der Waals surface area contributed by atoms with Gasteiger partial charge in [0.15, 0.2) is 0 Å². The molecule has 0 spiro atoms. The number of halogens is 3.